The number of ether oxygens (including phenoxy) is 1. The van der Waals surface area contributed by atoms with Crippen LogP contribution in [0.4, 0.5) is 4.39 Å². The molecule has 0 saturated heterocycles. The standard InChI is InChI=1S/C26H25FN2O3/c1-18-7-11-20(12-8-18)26(30)29(16-19-9-13-21(27)14-10-19)17-22-15-24(28-32-22)23-5-3-4-6-25(23)31-2/h3-14,22H,15-17H2,1-2H3. The molecule has 1 heterocycles. The average molecular weight is 432 g/mol. The molecule has 1 amide bonds. The number of amides is 1. The van der Waals surface area contributed by atoms with E-state index >= 15 is 0 Å². The summed E-state index contributed by atoms with van der Waals surface area (Å²) < 4.78 is 18.8. The fraction of sp³-hybridized carbons (Fsp3) is 0.231. The Bertz CT molecular complexity index is 1110. The van der Waals surface area contributed by atoms with Crippen molar-refractivity contribution in [3.05, 3.63) is 101 Å². The normalized spacial score (nSPS) is 15.1. The SMILES string of the molecule is COc1ccccc1C1=NOC(CN(Cc2ccc(F)cc2)C(=O)c2ccc(C)cc2)C1. The Hall–Kier alpha value is -3.67. The van der Waals surface area contributed by atoms with Gasteiger partial charge in [0.1, 0.15) is 11.6 Å². The van der Waals surface area contributed by atoms with Crippen LogP contribution in [0.3, 0.4) is 0 Å². The summed E-state index contributed by atoms with van der Waals surface area (Å²) in [4.78, 5) is 20.7. The molecule has 1 unspecified atom stereocenters. The van der Waals surface area contributed by atoms with Crippen LogP contribution in [0.25, 0.3) is 0 Å². The first-order chi connectivity index (χ1) is 15.5. The minimum atomic E-state index is -0.306. The summed E-state index contributed by atoms with van der Waals surface area (Å²) in [6.07, 6.45) is 0.270. The van der Waals surface area contributed by atoms with Crippen molar-refractivity contribution < 1.29 is 18.8 Å². The molecule has 0 bridgehead atoms. The molecule has 1 aliphatic heterocycles. The maximum atomic E-state index is 13.4. The molecule has 1 atom stereocenters. The number of carbonyl (C=O) groups is 1. The summed E-state index contributed by atoms with van der Waals surface area (Å²) in [7, 11) is 1.62. The maximum Gasteiger partial charge on any atom is 0.254 e. The van der Waals surface area contributed by atoms with Crippen LogP contribution >= 0.6 is 0 Å². The van der Waals surface area contributed by atoms with Crippen molar-refractivity contribution in [2.24, 2.45) is 5.16 Å². The molecule has 4 rings (SSSR count). The average Bonchev–Trinajstić information content (AvgIpc) is 3.28. The Kier molecular flexibility index (Phi) is 6.50. The monoisotopic (exact) mass is 432 g/mol. The van der Waals surface area contributed by atoms with Crippen molar-refractivity contribution in [2.45, 2.75) is 26.0 Å². The molecule has 3 aromatic rings. The number of carbonyl (C=O) groups excluding carboxylic acids is 1. The number of hydrogen-bond donors (Lipinski definition) is 0. The zero-order valence-electron chi connectivity index (χ0n) is 18.1. The summed E-state index contributed by atoms with van der Waals surface area (Å²) in [6.45, 7) is 2.68. The Morgan fingerprint density at radius 2 is 1.81 bits per heavy atom. The molecule has 6 heteroatoms. The molecule has 3 aromatic carbocycles. The topological polar surface area (TPSA) is 51.1 Å². The minimum Gasteiger partial charge on any atom is -0.496 e. The molecule has 0 aromatic heterocycles. The fourth-order valence-corrected chi connectivity index (χ4v) is 3.72. The number of methoxy groups -OCH3 is 1. The Labute approximate surface area is 187 Å². The van der Waals surface area contributed by atoms with Crippen LogP contribution in [-0.4, -0.2) is 36.3 Å². The Balaban J connectivity index is 1.52. The second-order valence-corrected chi connectivity index (χ2v) is 7.85. The lowest BCUT2D eigenvalue weighted by Crippen LogP contribution is -2.37. The van der Waals surface area contributed by atoms with Crippen molar-refractivity contribution >= 4 is 11.6 Å². The quantitative estimate of drug-likeness (QED) is 0.529. The highest BCUT2D eigenvalue weighted by atomic mass is 19.1. The van der Waals surface area contributed by atoms with Crippen LogP contribution in [0.5, 0.6) is 5.75 Å². The van der Waals surface area contributed by atoms with E-state index < -0.39 is 0 Å². The molecule has 5 nitrogen and oxygen atoms in total. The van der Waals surface area contributed by atoms with Gasteiger partial charge < -0.3 is 14.5 Å². The van der Waals surface area contributed by atoms with Gasteiger partial charge >= 0.3 is 0 Å². The van der Waals surface area contributed by atoms with Crippen molar-refractivity contribution in [3.63, 3.8) is 0 Å². The van der Waals surface area contributed by atoms with Crippen molar-refractivity contribution in [3.8, 4) is 5.75 Å². The molecule has 0 saturated carbocycles. The molecule has 0 radical (unpaired) electrons. The van der Waals surface area contributed by atoms with Crippen LogP contribution in [0.2, 0.25) is 0 Å². The van der Waals surface area contributed by atoms with Gasteiger partial charge in [-0.3, -0.25) is 4.79 Å². The molecule has 0 N–H and O–H groups in total. The number of aryl methyl sites for hydroxylation is 1. The number of rotatable bonds is 7. The first-order valence-corrected chi connectivity index (χ1v) is 10.5. The van der Waals surface area contributed by atoms with Gasteiger partial charge in [0.2, 0.25) is 0 Å². The van der Waals surface area contributed by atoms with E-state index in [-0.39, 0.29) is 17.8 Å². The van der Waals surface area contributed by atoms with E-state index in [9.17, 15) is 9.18 Å². The second kappa shape index (κ2) is 9.64. The zero-order chi connectivity index (χ0) is 22.5. The van der Waals surface area contributed by atoms with Gasteiger partial charge in [-0.15, -0.1) is 0 Å². The van der Waals surface area contributed by atoms with Gasteiger partial charge in [0.05, 0.1) is 19.4 Å². The summed E-state index contributed by atoms with van der Waals surface area (Å²) in [5.41, 5.74) is 4.20. The van der Waals surface area contributed by atoms with Gasteiger partial charge in [-0.25, -0.2) is 4.39 Å². The number of benzene rings is 3. The van der Waals surface area contributed by atoms with Crippen LogP contribution in [0.15, 0.2) is 78.0 Å². The maximum absolute atomic E-state index is 13.4. The van der Waals surface area contributed by atoms with Gasteiger partial charge in [0, 0.05) is 24.1 Å². The summed E-state index contributed by atoms with van der Waals surface area (Å²) in [5.74, 6) is 0.317. The van der Waals surface area contributed by atoms with E-state index in [1.165, 1.54) is 12.1 Å². The minimum absolute atomic E-state index is 0.108. The summed E-state index contributed by atoms with van der Waals surface area (Å²) >= 11 is 0. The van der Waals surface area contributed by atoms with Crippen molar-refractivity contribution in [1.29, 1.82) is 0 Å². The third-order valence-electron chi connectivity index (χ3n) is 5.45. The van der Waals surface area contributed by atoms with E-state index in [0.717, 1.165) is 28.2 Å². The number of oxime groups is 1. The van der Waals surface area contributed by atoms with Gasteiger partial charge in [-0.2, -0.15) is 0 Å². The molecule has 0 spiro atoms. The lowest BCUT2D eigenvalue weighted by molar-refractivity contribution is 0.0405. The highest BCUT2D eigenvalue weighted by Crippen LogP contribution is 2.25. The van der Waals surface area contributed by atoms with Gasteiger partial charge in [0.15, 0.2) is 6.10 Å². The summed E-state index contributed by atoms with van der Waals surface area (Å²) in [5, 5.41) is 4.26. The van der Waals surface area contributed by atoms with Crippen LogP contribution < -0.4 is 4.74 Å². The van der Waals surface area contributed by atoms with Crippen molar-refractivity contribution in [2.75, 3.05) is 13.7 Å². The largest absolute Gasteiger partial charge is 0.496 e. The van der Waals surface area contributed by atoms with E-state index in [4.69, 9.17) is 9.57 Å². The third kappa shape index (κ3) is 4.97. The van der Waals surface area contributed by atoms with Gasteiger partial charge in [0.25, 0.3) is 5.91 Å². The smallest absolute Gasteiger partial charge is 0.254 e. The highest BCUT2D eigenvalue weighted by molar-refractivity contribution is 6.03. The molecule has 1 aliphatic rings. The van der Waals surface area contributed by atoms with Gasteiger partial charge in [-0.05, 0) is 48.9 Å². The second-order valence-electron chi connectivity index (χ2n) is 7.85. The van der Waals surface area contributed by atoms with Crippen LogP contribution in [-0.2, 0) is 11.4 Å². The first-order valence-electron chi connectivity index (χ1n) is 10.5. The zero-order valence-corrected chi connectivity index (χ0v) is 18.1. The van der Waals surface area contributed by atoms with Crippen LogP contribution in [0, 0.1) is 12.7 Å². The Morgan fingerprint density at radius 3 is 2.53 bits per heavy atom. The highest BCUT2D eigenvalue weighted by Gasteiger charge is 2.28. The molecular formula is C26H25FN2O3. The molecule has 0 fully saturated rings. The van der Waals surface area contributed by atoms with E-state index in [1.807, 2.05) is 55.5 Å². The fourth-order valence-electron chi connectivity index (χ4n) is 3.72. The predicted molar refractivity (Wildman–Crippen MR) is 121 cm³/mol. The molecule has 32 heavy (non-hydrogen) atoms. The predicted octanol–water partition coefficient (Wildman–Crippen LogP) is 4.98. The van der Waals surface area contributed by atoms with E-state index in [2.05, 4.69) is 5.16 Å². The number of hydrogen-bond acceptors (Lipinski definition) is 4. The lowest BCUT2D eigenvalue weighted by atomic mass is 10.0. The Morgan fingerprint density at radius 1 is 1.09 bits per heavy atom. The van der Waals surface area contributed by atoms with Gasteiger partial charge in [-0.1, -0.05) is 47.1 Å². The van der Waals surface area contributed by atoms with Crippen molar-refractivity contribution in [1.82, 2.24) is 4.90 Å². The summed E-state index contributed by atoms with van der Waals surface area (Å²) in [6, 6.07) is 21.3. The number of para-hydroxylation sites is 1. The van der Waals surface area contributed by atoms with Crippen LogP contribution in [0.1, 0.15) is 33.5 Å². The van der Waals surface area contributed by atoms with E-state index in [1.54, 1.807) is 24.1 Å². The molecular weight excluding hydrogens is 407 g/mol. The number of halogens is 1. The first kappa shape index (κ1) is 21.6. The molecule has 164 valence electrons. The van der Waals surface area contributed by atoms with E-state index in [0.29, 0.717) is 25.1 Å². The molecule has 0 aliphatic carbocycles. The lowest BCUT2D eigenvalue weighted by Gasteiger charge is -2.25. The third-order valence-corrected chi connectivity index (χ3v) is 5.45. The number of nitrogens with zero attached hydrogens (tertiary/aromatic N) is 2.